The summed E-state index contributed by atoms with van der Waals surface area (Å²) < 4.78 is 4.89. The zero-order valence-corrected chi connectivity index (χ0v) is 10.8. The van der Waals surface area contributed by atoms with E-state index in [1.807, 2.05) is 0 Å². The highest BCUT2D eigenvalue weighted by molar-refractivity contribution is 6.30. The van der Waals surface area contributed by atoms with Crippen LogP contribution >= 0.6 is 11.6 Å². The summed E-state index contributed by atoms with van der Waals surface area (Å²) in [6.07, 6.45) is 0.500. The summed E-state index contributed by atoms with van der Waals surface area (Å²) in [6.45, 7) is 2.56. The lowest BCUT2D eigenvalue weighted by Gasteiger charge is -2.16. The normalized spacial score (nSPS) is 19.1. The standard InChI is InChI=1S/C13H14ClNO3/c1-2-18-13(17)11-7-8-15(12(11)16)10-5-3-9(14)4-6-10/h3-6,11H,2,7-8H2,1H3/t11-/m1/s1. The summed E-state index contributed by atoms with van der Waals surface area (Å²) in [5, 5.41) is 0.618. The molecule has 1 atom stereocenters. The molecule has 0 N–H and O–H groups in total. The van der Waals surface area contributed by atoms with Gasteiger partial charge in [-0.1, -0.05) is 11.6 Å². The predicted octanol–water partition coefficient (Wildman–Crippen LogP) is 2.26. The Morgan fingerprint density at radius 2 is 2.11 bits per heavy atom. The number of esters is 1. The predicted molar refractivity (Wildman–Crippen MR) is 68.5 cm³/mol. The molecule has 1 aromatic carbocycles. The van der Waals surface area contributed by atoms with Gasteiger partial charge in [0, 0.05) is 17.3 Å². The Morgan fingerprint density at radius 3 is 2.72 bits per heavy atom. The molecular weight excluding hydrogens is 254 g/mol. The molecule has 18 heavy (non-hydrogen) atoms. The molecule has 0 bridgehead atoms. The van der Waals surface area contributed by atoms with Gasteiger partial charge in [-0.15, -0.1) is 0 Å². The number of carbonyl (C=O) groups is 2. The monoisotopic (exact) mass is 267 g/mol. The lowest BCUT2D eigenvalue weighted by atomic mass is 10.1. The molecule has 1 fully saturated rings. The molecule has 4 nitrogen and oxygen atoms in total. The van der Waals surface area contributed by atoms with Crippen molar-refractivity contribution in [2.45, 2.75) is 13.3 Å². The molecule has 1 aromatic rings. The number of halogens is 1. The van der Waals surface area contributed by atoms with E-state index in [2.05, 4.69) is 0 Å². The first-order chi connectivity index (χ1) is 8.63. The number of anilines is 1. The molecule has 1 heterocycles. The van der Waals surface area contributed by atoms with Gasteiger partial charge in [0.25, 0.3) is 0 Å². The Morgan fingerprint density at radius 1 is 1.44 bits per heavy atom. The van der Waals surface area contributed by atoms with Crippen LogP contribution in [-0.4, -0.2) is 25.0 Å². The smallest absolute Gasteiger partial charge is 0.318 e. The second-order valence-corrected chi connectivity index (χ2v) is 4.50. The van der Waals surface area contributed by atoms with E-state index in [1.54, 1.807) is 36.1 Å². The van der Waals surface area contributed by atoms with Crippen molar-refractivity contribution in [3.05, 3.63) is 29.3 Å². The number of amides is 1. The Bertz CT molecular complexity index is 458. The van der Waals surface area contributed by atoms with E-state index >= 15 is 0 Å². The minimum absolute atomic E-state index is 0.198. The van der Waals surface area contributed by atoms with Crippen molar-refractivity contribution in [3.63, 3.8) is 0 Å². The van der Waals surface area contributed by atoms with Crippen LogP contribution in [0.3, 0.4) is 0 Å². The van der Waals surface area contributed by atoms with E-state index in [0.717, 1.165) is 5.69 Å². The zero-order valence-electron chi connectivity index (χ0n) is 10.1. The van der Waals surface area contributed by atoms with Crippen LogP contribution in [0.15, 0.2) is 24.3 Å². The highest BCUT2D eigenvalue weighted by Gasteiger charge is 2.38. The molecule has 0 aromatic heterocycles. The molecule has 96 valence electrons. The maximum Gasteiger partial charge on any atom is 0.318 e. The van der Waals surface area contributed by atoms with Gasteiger partial charge in [-0.25, -0.2) is 0 Å². The minimum atomic E-state index is -0.666. The van der Waals surface area contributed by atoms with E-state index in [-0.39, 0.29) is 5.91 Å². The molecule has 1 saturated heterocycles. The molecule has 1 aliphatic rings. The van der Waals surface area contributed by atoms with Gasteiger partial charge in [-0.3, -0.25) is 9.59 Å². The average Bonchev–Trinajstić information content (AvgIpc) is 2.73. The summed E-state index contributed by atoms with van der Waals surface area (Å²) >= 11 is 5.80. The van der Waals surface area contributed by atoms with Crippen LogP contribution in [0.25, 0.3) is 0 Å². The van der Waals surface area contributed by atoms with Crippen LogP contribution in [0, 0.1) is 5.92 Å². The van der Waals surface area contributed by atoms with Gasteiger partial charge in [0.2, 0.25) is 5.91 Å². The Labute approximate surface area is 110 Å². The van der Waals surface area contributed by atoms with Crippen molar-refractivity contribution >= 4 is 29.2 Å². The van der Waals surface area contributed by atoms with Crippen LogP contribution in [0.5, 0.6) is 0 Å². The highest BCUT2D eigenvalue weighted by atomic mass is 35.5. The number of hydrogen-bond acceptors (Lipinski definition) is 3. The van der Waals surface area contributed by atoms with Crippen molar-refractivity contribution in [1.82, 2.24) is 0 Å². The van der Waals surface area contributed by atoms with Gasteiger partial charge in [0.15, 0.2) is 0 Å². The number of rotatable bonds is 3. The van der Waals surface area contributed by atoms with Crippen LogP contribution < -0.4 is 4.90 Å². The molecular formula is C13H14ClNO3. The van der Waals surface area contributed by atoms with Gasteiger partial charge in [-0.2, -0.15) is 0 Å². The molecule has 0 aliphatic carbocycles. The van der Waals surface area contributed by atoms with Gasteiger partial charge in [-0.05, 0) is 37.6 Å². The van der Waals surface area contributed by atoms with Gasteiger partial charge < -0.3 is 9.64 Å². The number of ether oxygens (including phenoxy) is 1. The Hall–Kier alpha value is -1.55. The summed E-state index contributed by atoms with van der Waals surface area (Å²) in [6, 6.07) is 6.99. The first-order valence-electron chi connectivity index (χ1n) is 5.87. The average molecular weight is 268 g/mol. The molecule has 5 heteroatoms. The first-order valence-corrected chi connectivity index (χ1v) is 6.25. The molecule has 0 saturated carbocycles. The third kappa shape index (κ3) is 2.48. The Balaban J connectivity index is 2.12. The van der Waals surface area contributed by atoms with Crippen LogP contribution in [0.4, 0.5) is 5.69 Å². The SMILES string of the molecule is CCOC(=O)[C@@H]1CCN(c2ccc(Cl)cc2)C1=O. The molecule has 1 aliphatic heterocycles. The zero-order chi connectivity index (χ0) is 13.1. The van der Waals surface area contributed by atoms with Gasteiger partial charge >= 0.3 is 5.97 Å². The molecule has 0 unspecified atom stereocenters. The minimum Gasteiger partial charge on any atom is -0.465 e. The number of nitrogens with zero attached hydrogens (tertiary/aromatic N) is 1. The topological polar surface area (TPSA) is 46.6 Å². The number of carbonyl (C=O) groups excluding carboxylic acids is 2. The summed E-state index contributed by atoms with van der Waals surface area (Å²) in [4.78, 5) is 25.3. The van der Waals surface area contributed by atoms with E-state index in [1.165, 1.54) is 0 Å². The van der Waals surface area contributed by atoms with Crippen LogP contribution in [0.2, 0.25) is 5.02 Å². The molecule has 0 radical (unpaired) electrons. The molecule has 0 spiro atoms. The van der Waals surface area contributed by atoms with Crippen LogP contribution in [0.1, 0.15) is 13.3 Å². The summed E-state index contributed by atoms with van der Waals surface area (Å²) in [5.41, 5.74) is 0.760. The second-order valence-electron chi connectivity index (χ2n) is 4.06. The highest BCUT2D eigenvalue weighted by Crippen LogP contribution is 2.27. The van der Waals surface area contributed by atoms with Crippen molar-refractivity contribution in [1.29, 1.82) is 0 Å². The van der Waals surface area contributed by atoms with E-state index in [0.29, 0.717) is 24.6 Å². The maximum absolute atomic E-state index is 12.1. The number of hydrogen-bond donors (Lipinski definition) is 0. The van der Waals surface area contributed by atoms with E-state index in [4.69, 9.17) is 16.3 Å². The third-order valence-electron chi connectivity index (χ3n) is 2.91. The van der Waals surface area contributed by atoms with Gasteiger partial charge in [0.1, 0.15) is 5.92 Å². The van der Waals surface area contributed by atoms with Gasteiger partial charge in [0.05, 0.1) is 6.61 Å². The second kappa shape index (κ2) is 5.40. The molecule has 2 rings (SSSR count). The fraction of sp³-hybridized carbons (Fsp3) is 0.385. The van der Waals surface area contributed by atoms with Crippen LogP contribution in [-0.2, 0) is 14.3 Å². The van der Waals surface area contributed by atoms with Crippen molar-refractivity contribution in [2.75, 3.05) is 18.1 Å². The quantitative estimate of drug-likeness (QED) is 0.623. The molecule has 1 amide bonds. The largest absolute Gasteiger partial charge is 0.465 e. The number of benzene rings is 1. The lowest BCUT2D eigenvalue weighted by molar-refractivity contribution is -0.150. The summed E-state index contributed by atoms with van der Waals surface area (Å²) in [7, 11) is 0. The van der Waals surface area contributed by atoms with Crippen molar-refractivity contribution in [3.8, 4) is 0 Å². The van der Waals surface area contributed by atoms with Crippen molar-refractivity contribution < 1.29 is 14.3 Å². The Kier molecular flexibility index (Phi) is 3.87. The van der Waals surface area contributed by atoms with Crippen molar-refractivity contribution in [2.24, 2.45) is 5.92 Å². The first kappa shape index (κ1) is 12.9. The maximum atomic E-state index is 12.1. The fourth-order valence-electron chi connectivity index (χ4n) is 2.02. The third-order valence-corrected chi connectivity index (χ3v) is 3.17. The fourth-order valence-corrected chi connectivity index (χ4v) is 2.14. The summed E-state index contributed by atoms with van der Waals surface area (Å²) in [5.74, 6) is -1.30. The lowest BCUT2D eigenvalue weighted by Crippen LogP contribution is -2.31. The van der Waals surface area contributed by atoms with E-state index in [9.17, 15) is 9.59 Å². The van der Waals surface area contributed by atoms with E-state index < -0.39 is 11.9 Å².